The van der Waals surface area contributed by atoms with Crippen molar-refractivity contribution < 1.29 is 18.3 Å². The molecular weight excluding hydrogens is 503 g/mol. The summed E-state index contributed by atoms with van der Waals surface area (Å²) in [5, 5.41) is 14.5. The van der Waals surface area contributed by atoms with E-state index in [-0.39, 0.29) is 11.5 Å². The highest BCUT2D eigenvalue weighted by Crippen LogP contribution is 2.27. The van der Waals surface area contributed by atoms with Gasteiger partial charge in [0.2, 0.25) is 0 Å². The van der Waals surface area contributed by atoms with Crippen molar-refractivity contribution in [3.63, 3.8) is 0 Å². The lowest BCUT2D eigenvalue weighted by Gasteiger charge is -2.26. The SMILES string of the molecule is N=C(NCCCN1CCOCC1)NC(=O)c1cccc(F)c1CCc1cc(Br)cc2ccoc12. The molecule has 3 N–H and O–H groups in total. The molecule has 2 heterocycles. The van der Waals surface area contributed by atoms with E-state index in [0.717, 1.165) is 60.3 Å². The minimum Gasteiger partial charge on any atom is -0.464 e. The van der Waals surface area contributed by atoms with Crippen LogP contribution in [0.4, 0.5) is 4.39 Å². The van der Waals surface area contributed by atoms with Crippen LogP contribution in [0.25, 0.3) is 11.0 Å². The Balaban J connectivity index is 1.34. The van der Waals surface area contributed by atoms with Crippen LogP contribution in [0.2, 0.25) is 0 Å². The van der Waals surface area contributed by atoms with Gasteiger partial charge >= 0.3 is 0 Å². The van der Waals surface area contributed by atoms with Crippen LogP contribution in [0.3, 0.4) is 0 Å². The lowest BCUT2D eigenvalue weighted by Crippen LogP contribution is -2.42. The highest BCUT2D eigenvalue weighted by Gasteiger charge is 2.17. The van der Waals surface area contributed by atoms with E-state index in [9.17, 15) is 9.18 Å². The smallest absolute Gasteiger partial charge is 0.258 e. The number of amides is 1. The number of carbonyl (C=O) groups excluding carboxylic acids is 1. The summed E-state index contributed by atoms with van der Waals surface area (Å²) in [6, 6.07) is 10.2. The van der Waals surface area contributed by atoms with Crippen molar-refractivity contribution in [1.82, 2.24) is 15.5 Å². The van der Waals surface area contributed by atoms with Gasteiger partial charge in [-0.25, -0.2) is 4.39 Å². The summed E-state index contributed by atoms with van der Waals surface area (Å²) in [4.78, 5) is 15.2. The Hall–Kier alpha value is -2.75. The monoisotopic (exact) mass is 530 g/mol. The molecule has 9 heteroatoms. The fourth-order valence-corrected chi connectivity index (χ4v) is 4.68. The molecule has 0 unspecified atom stereocenters. The number of hydrogen-bond acceptors (Lipinski definition) is 5. The molecule has 1 saturated heterocycles. The maximum Gasteiger partial charge on any atom is 0.258 e. The Bertz CT molecular complexity index is 1160. The molecule has 4 rings (SSSR count). The van der Waals surface area contributed by atoms with E-state index >= 15 is 0 Å². The van der Waals surface area contributed by atoms with E-state index < -0.39 is 11.7 Å². The number of halogens is 2. The fourth-order valence-electron chi connectivity index (χ4n) is 4.15. The highest BCUT2D eigenvalue weighted by molar-refractivity contribution is 9.10. The number of hydrogen-bond donors (Lipinski definition) is 3. The van der Waals surface area contributed by atoms with Crippen molar-refractivity contribution in [1.29, 1.82) is 5.41 Å². The molecule has 2 aromatic carbocycles. The molecule has 0 spiro atoms. The molecule has 1 aromatic heterocycles. The zero-order valence-corrected chi connectivity index (χ0v) is 20.4. The lowest BCUT2D eigenvalue weighted by molar-refractivity contribution is 0.0376. The molecule has 3 aromatic rings. The highest BCUT2D eigenvalue weighted by atomic mass is 79.9. The van der Waals surface area contributed by atoms with Crippen molar-refractivity contribution >= 4 is 38.8 Å². The average Bonchev–Trinajstić information content (AvgIpc) is 3.30. The van der Waals surface area contributed by atoms with Crippen LogP contribution >= 0.6 is 15.9 Å². The Kier molecular flexibility index (Phi) is 8.31. The van der Waals surface area contributed by atoms with Gasteiger partial charge in [0, 0.05) is 40.6 Å². The molecule has 0 bridgehead atoms. The van der Waals surface area contributed by atoms with Crippen molar-refractivity contribution in [2.24, 2.45) is 0 Å². The van der Waals surface area contributed by atoms with Gasteiger partial charge in [-0.15, -0.1) is 0 Å². The number of rotatable bonds is 8. The third-order valence-corrected chi connectivity index (χ3v) is 6.35. The predicted molar refractivity (Wildman–Crippen MR) is 133 cm³/mol. The topological polar surface area (TPSA) is 90.6 Å². The number of carbonyl (C=O) groups is 1. The van der Waals surface area contributed by atoms with E-state index in [4.69, 9.17) is 14.6 Å². The number of benzene rings is 2. The summed E-state index contributed by atoms with van der Waals surface area (Å²) in [6.45, 7) is 4.81. The number of morpholine rings is 1. The quantitative estimate of drug-likeness (QED) is 0.232. The molecule has 1 fully saturated rings. The number of guanidine groups is 1. The maximum absolute atomic E-state index is 14.7. The first-order valence-electron chi connectivity index (χ1n) is 11.4. The minimum absolute atomic E-state index is 0.0912. The van der Waals surface area contributed by atoms with Gasteiger partial charge in [0.15, 0.2) is 5.96 Å². The molecule has 1 aliphatic heterocycles. The van der Waals surface area contributed by atoms with Crippen LogP contribution < -0.4 is 10.6 Å². The van der Waals surface area contributed by atoms with Gasteiger partial charge in [-0.1, -0.05) is 22.0 Å². The normalized spacial score (nSPS) is 14.3. The van der Waals surface area contributed by atoms with Gasteiger partial charge in [-0.2, -0.15) is 0 Å². The Morgan fingerprint density at radius 3 is 2.82 bits per heavy atom. The summed E-state index contributed by atoms with van der Waals surface area (Å²) in [7, 11) is 0. The summed E-state index contributed by atoms with van der Waals surface area (Å²) in [5.41, 5.74) is 2.23. The molecule has 0 aliphatic carbocycles. The molecule has 1 aliphatic rings. The molecule has 0 atom stereocenters. The zero-order chi connectivity index (χ0) is 23.9. The van der Waals surface area contributed by atoms with E-state index in [1.807, 2.05) is 18.2 Å². The van der Waals surface area contributed by atoms with Crippen LogP contribution in [-0.4, -0.2) is 56.2 Å². The number of furan rings is 1. The summed E-state index contributed by atoms with van der Waals surface area (Å²) in [5.74, 6) is -1.03. The second kappa shape index (κ2) is 11.6. The van der Waals surface area contributed by atoms with Crippen molar-refractivity contribution in [2.45, 2.75) is 19.3 Å². The third-order valence-electron chi connectivity index (χ3n) is 5.90. The molecule has 0 radical (unpaired) electrons. The summed E-state index contributed by atoms with van der Waals surface area (Å²) < 4.78 is 26.6. The third kappa shape index (κ3) is 6.22. The molecular formula is C25H28BrFN4O3. The van der Waals surface area contributed by atoms with Gasteiger partial charge < -0.3 is 14.5 Å². The second-order valence-electron chi connectivity index (χ2n) is 8.23. The van der Waals surface area contributed by atoms with E-state index in [1.165, 1.54) is 12.1 Å². The van der Waals surface area contributed by atoms with E-state index in [2.05, 4.69) is 31.5 Å². The first kappa shape index (κ1) is 24.4. The Morgan fingerprint density at radius 1 is 1.18 bits per heavy atom. The average molecular weight is 531 g/mol. The van der Waals surface area contributed by atoms with Crippen LogP contribution in [0.5, 0.6) is 0 Å². The predicted octanol–water partition coefficient (Wildman–Crippen LogP) is 4.10. The van der Waals surface area contributed by atoms with Gasteiger partial charge in [0.05, 0.1) is 19.5 Å². The minimum atomic E-state index is -0.502. The van der Waals surface area contributed by atoms with E-state index in [1.54, 1.807) is 12.3 Å². The zero-order valence-electron chi connectivity index (χ0n) is 18.8. The van der Waals surface area contributed by atoms with Crippen LogP contribution in [0, 0.1) is 11.2 Å². The molecule has 34 heavy (non-hydrogen) atoms. The Labute approximate surface area is 206 Å². The standard InChI is InChI=1S/C25H28BrFN4O3/c26-19-15-17(23-18(16-19)7-12-34-23)5-6-20-21(3-1-4-22(20)27)24(32)30-25(28)29-8-2-9-31-10-13-33-14-11-31/h1,3-4,7,12,15-16H,2,5-6,8-11,13-14H2,(H3,28,29,30,32). The van der Waals surface area contributed by atoms with Gasteiger partial charge in [0.1, 0.15) is 11.4 Å². The van der Waals surface area contributed by atoms with Crippen molar-refractivity contribution in [3.8, 4) is 0 Å². The van der Waals surface area contributed by atoms with Gasteiger partial charge in [-0.05, 0) is 61.7 Å². The number of aryl methyl sites for hydroxylation is 1. The molecule has 1 amide bonds. The second-order valence-corrected chi connectivity index (χ2v) is 9.15. The molecule has 0 saturated carbocycles. The van der Waals surface area contributed by atoms with Crippen molar-refractivity contribution in [3.05, 3.63) is 69.6 Å². The van der Waals surface area contributed by atoms with Gasteiger partial charge in [0.25, 0.3) is 5.91 Å². The lowest BCUT2D eigenvalue weighted by atomic mass is 9.98. The first-order valence-corrected chi connectivity index (χ1v) is 12.2. The van der Waals surface area contributed by atoms with Crippen LogP contribution in [0.15, 0.2) is 51.6 Å². The largest absolute Gasteiger partial charge is 0.464 e. The van der Waals surface area contributed by atoms with Crippen LogP contribution in [-0.2, 0) is 17.6 Å². The maximum atomic E-state index is 14.7. The summed E-state index contributed by atoms with van der Waals surface area (Å²) >= 11 is 3.50. The Morgan fingerprint density at radius 2 is 2.00 bits per heavy atom. The first-order chi connectivity index (χ1) is 16.5. The number of nitrogens with one attached hydrogen (secondary N) is 3. The van der Waals surface area contributed by atoms with Crippen molar-refractivity contribution in [2.75, 3.05) is 39.4 Å². The van der Waals surface area contributed by atoms with E-state index in [0.29, 0.717) is 24.9 Å². The molecule has 7 nitrogen and oxygen atoms in total. The number of fused-ring (bicyclic) bond motifs is 1. The number of nitrogens with zero attached hydrogens (tertiary/aromatic N) is 1. The van der Waals surface area contributed by atoms with Crippen LogP contribution in [0.1, 0.15) is 27.9 Å². The summed E-state index contributed by atoms with van der Waals surface area (Å²) in [6.07, 6.45) is 3.30. The van der Waals surface area contributed by atoms with Gasteiger partial charge in [-0.3, -0.25) is 20.4 Å². The fraction of sp³-hybridized carbons (Fsp3) is 0.360. The molecule has 180 valence electrons. The number of ether oxygens (including phenoxy) is 1.